The van der Waals surface area contributed by atoms with Crippen LogP contribution in [0.25, 0.3) is 0 Å². The minimum absolute atomic E-state index is 0.152. The topological polar surface area (TPSA) is 76.7 Å². The van der Waals surface area contributed by atoms with Gasteiger partial charge in [0.15, 0.2) is 11.5 Å². The van der Waals surface area contributed by atoms with Crippen molar-refractivity contribution >= 4 is 27.7 Å². The molecule has 0 bridgehead atoms. The average Bonchev–Trinajstić information content (AvgIpc) is 2.68. The monoisotopic (exact) mass is 438 g/mol. The molecule has 8 heteroatoms. The summed E-state index contributed by atoms with van der Waals surface area (Å²) in [5.41, 5.74) is 1.24. The van der Waals surface area contributed by atoms with Crippen LogP contribution in [0.4, 0.5) is 4.39 Å². The lowest BCUT2D eigenvalue weighted by Crippen LogP contribution is -2.37. The Morgan fingerprint density at radius 2 is 1.78 bits per heavy atom. The maximum absolute atomic E-state index is 13.2. The van der Waals surface area contributed by atoms with E-state index in [1.807, 2.05) is 0 Å². The standard InChI is InChI=1S/C19H20BrFN2O4/c1-26-16-6-4-13(10-17(16)27-2)19(25)23-11-18(24)22-8-7-12-3-5-15(21)14(20)9-12/h3-6,9-10H,7-8,11H2,1-2H3,(H,22,24)(H,23,25). The number of benzene rings is 2. The van der Waals surface area contributed by atoms with E-state index in [0.29, 0.717) is 34.5 Å². The number of halogens is 2. The number of ether oxygens (including phenoxy) is 2. The van der Waals surface area contributed by atoms with E-state index in [1.54, 1.807) is 30.3 Å². The van der Waals surface area contributed by atoms with Crippen LogP contribution in [0.5, 0.6) is 11.5 Å². The maximum atomic E-state index is 13.2. The highest BCUT2D eigenvalue weighted by Gasteiger charge is 2.12. The first-order valence-corrected chi connectivity index (χ1v) is 8.94. The van der Waals surface area contributed by atoms with Crippen molar-refractivity contribution in [1.29, 1.82) is 0 Å². The molecule has 0 aliphatic rings. The summed E-state index contributed by atoms with van der Waals surface area (Å²) in [5, 5.41) is 5.25. The SMILES string of the molecule is COc1ccc(C(=O)NCC(=O)NCCc2ccc(F)c(Br)c2)cc1OC. The van der Waals surface area contributed by atoms with Crippen LogP contribution in [0.2, 0.25) is 0 Å². The summed E-state index contributed by atoms with van der Waals surface area (Å²) in [6.07, 6.45) is 0.550. The molecular formula is C19H20BrFN2O4. The summed E-state index contributed by atoms with van der Waals surface area (Å²) in [6, 6.07) is 9.43. The van der Waals surface area contributed by atoms with E-state index in [4.69, 9.17) is 9.47 Å². The Bertz CT molecular complexity index is 829. The van der Waals surface area contributed by atoms with E-state index in [0.717, 1.165) is 5.56 Å². The van der Waals surface area contributed by atoms with Gasteiger partial charge in [0.05, 0.1) is 25.2 Å². The zero-order chi connectivity index (χ0) is 19.8. The third kappa shape index (κ3) is 5.96. The summed E-state index contributed by atoms with van der Waals surface area (Å²) in [4.78, 5) is 24.0. The van der Waals surface area contributed by atoms with Crippen LogP contribution in [0, 0.1) is 5.82 Å². The lowest BCUT2D eigenvalue weighted by atomic mass is 10.1. The van der Waals surface area contributed by atoms with Crippen molar-refractivity contribution in [2.24, 2.45) is 0 Å². The van der Waals surface area contributed by atoms with Gasteiger partial charge < -0.3 is 20.1 Å². The molecule has 6 nitrogen and oxygen atoms in total. The normalized spacial score (nSPS) is 10.2. The summed E-state index contributed by atoms with van der Waals surface area (Å²) >= 11 is 3.12. The molecule has 0 heterocycles. The predicted octanol–water partition coefficient (Wildman–Crippen LogP) is 2.69. The fourth-order valence-electron chi connectivity index (χ4n) is 2.34. The van der Waals surface area contributed by atoms with Gasteiger partial charge in [0.2, 0.25) is 5.91 Å². The molecule has 2 rings (SSSR count). The third-order valence-electron chi connectivity index (χ3n) is 3.78. The summed E-state index contributed by atoms with van der Waals surface area (Å²) < 4.78 is 23.8. The van der Waals surface area contributed by atoms with Gasteiger partial charge in [0.1, 0.15) is 5.82 Å². The van der Waals surface area contributed by atoms with Crippen molar-refractivity contribution < 1.29 is 23.5 Å². The molecule has 27 heavy (non-hydrogen) atoms. The van der Waals surface area contributed by atoms with Crippen LogP contribution in [-0.2, 0) is 11.2 Å². The molecule has 0 unspecified atom stereocenters. The largest absolute Gasteiger partial charge is 0.493 e. The van der Waals surface area contributed by atoms with E-state index in [1.165, 1.54) is 20.3 Å². The van der Waals surface area contributed by atoms with Crippen molar-refractivity contribution in [2.75, 3.05) is 27.3 Å². The summed E-state index contributed by atoms with van der Waals surface area (Å²) in [5.74, 6) is -0.0986. The van der Waals surface area contributed by atoms with Gasteiger partial charge in [-0.25, -0.2) is 4.39 Å². The van der Waals surface area contributed by atoms with Gasteiger partial charge in [-0.15, -0.1) is 0 Å². The van der Waals surface area contributed by atoms with Gasteiger partial charge >= 0.3 is 0 Å². The molecule has 144 valence electrons. The summed E-state index contributed by atoms with van der Waals surface area (Å²) in [6.45, 7) is 0.226. The van der Waals surface area contributed by atoms with Crippen LogP contribution < -0.4 is 20.1 Å². The predicted molar refractivity (Wildman–Crippen MR) is 103 cm³/mol. The second-order valence-corrected chi connectivity index (χ2v) is 6.46. The van der Waals surface area contributed by atoms with E-state index in [2.05, 4.69) is 26.6 Å². The Morgan fingerprint density at radius 3 is 2.44 bits per heavy atom. The second kappa shape index (κ2) is 9.91. The first-order chi connectivity index (χ1) is 12.9. The molecule has 2 N–H and O–H groups in total. The smallest absolute Gasteiger partial charge is 0.251 e. The fourth-order valence-corrected chi connectivity index (χ4v) is 2.77. The molecule has 0 aromatic heterocycles. The van der Waals surface area contributed by atoms with Crippen LogP contribution in [0.15, 0.2) is 40.9 Å². The Morgan fingerprint density at radius 1 is 1.04 bits per heavy atom. The lowest BCUT2D eigenvalue weighted by Gasteiger charge is -2.10. The average molecular weight is 439 g/mol. The molecule has 0 saturated carbocycles. The molecule has 2 aromatic rings. The van der Waals surface area contributed by atoms with E-state index in [-0.39, 0.29) is 18.3 Å². The number of carbonyl (C=O) groups excluding carboxylic acids is 2. The quantitative estimate of drug-likeness (QED) is 0.664. The van der Waals surface area contributed by atoms with E-state index < -0.39 is 5.91 Å². The number of rotatable bonds is 8. The fraction of sp³-hybridized carbons (Fsp3) is 0.263. The highest BCUT2D eigenvalue weighted by atomic mass is 79.9. The van der Waals surface area contributed by atoms with Gasteiger partial charge in [-0.05, 0) is 58.2 Å². The number of hydrogen-bond acceptors (Lipinski definition) is 4. The number of amides is 2. The van der Waals surface area contributed by atoms with Crippen LogP contribution >= 0.6 is 15.9 Å². The highest BCUT2D eigenvalue weighted by molar-refractivity contribution is 9.10. The highest BCUT2D eigenvalue weighted by Crippen LogP contribution is 2.27. The van der Waals surface area contributed by atoms with Crippen molar-refractivity contribution in [2.45, 2.75) is 6.42 Å². The van der Waals surface area contributed by atoms with Gasteiger partial charge in [0, 0.05) is 12.1 Å². The molecule has 0 atom stereocenters. The minimum atomic E-state index is -0.395. The number of methoxy groups -OCH3 is 2. The Balaban J connectivity index is 1.79. The van der Waals surface area contributed by atoms with Crippen molar-refractivity contribution in [1.82, 2.24) is 10.6 Å². The number of hydrogen-bond donors (Lipinski definition) is 2. The Labute approximate surface area is 165 Å². The van der Waals surface area contributed by atoms with Crippen LogP contribution in [0.3, 0.4) is 0 Å². The molecular weight excluding hydrogens is 419 g/mol. The zero-order valence-corrected chi connectivity index (χ0v) is 16.6. The molecule has 2 aromatic carbocycles. The minimum Gasteiger partial charge on any atom is -0.493 e. The van der Waals surface area contributed by atoms with Gasteiger partial charge in [-0.3, -0.25) is 9.59 Å². The first kappa shape index (κ1) is 20.7. The van der Waals surface area contributed by atoms with Crippen LogP contribution in [0.1, 0.15) is 15.9 Å². The van der Waals surface area contributed by atoms with Crippen LogP contribution in [-0.4, -0.2) is 39.1 Å². The molecule has 0 radical (unpaired) electrons. The van der Waals surface area contributed by atoms with E-state index in [9.17, 15) is 14.0 Å². The third-order valence-corrected chi connectivity index (χ3v) is 4.38. The van der Waals surface area contributed by atoms with Gasteiger partial charge in [-0.2, -0.15) is 0 Å². The second-order valence-electron chi connectivity index (χ2n) is 5.60. The van der Waals surface area contributed by atoms with Crippen molar-refractivity contribution in [3.05, 3.63) is 57.8 Å². The molecule has 0 fully saturated rings. The number of carbonyl (C=O) groups is 2. The molecule has 0 aliphatic heterocycles. The Hall–Kier alpha value is -2.61. The molecule has 0 saturated heterocycles. The lowest BCUT2D eigenvalue weighted by molar-refractivity contribution is -0.120. The van der Waals surface area contributed by atoms with Crippen molar-refractivity contribution in [3.8, 4) is 11.5 Å². The molecule has 0 aliphatic carbocycles. The molecule has 0 spiro atoms. The summed E-state index contributed by atoms with van der Waals surface area (Å²) in [7, 11) is 2.99. The maximum Gasteiger partial charge on any atom is 0.251 e. The van der Waals surface area contributed by atoms with E-state index >= 15 is 0 Å². The van der Waals surface area contributed by atoms with Gasteiger partial charge in [0.25, 0.3) is 5.91 Å². The first-order valence-electron chi connectivity index (χ1n) is 8.15. The van der Waals surface area contributed by atoms with Gasteiger partial charge in [-0.1, -0.05) is 6.07 Å². The Kier molecular flexibility index (Phi) is 7.60. The number of nitrogens with one attached hydrogen (secondary N) is 2. The van der Waals surface area contributed by atoms with Crippen molar-refractivity contribution in [3.63, 3.8) is 0 Å². The zero-order valence-electron chi connectivity index (χ0n) is 15.0. The molecule has 2 amide bonds.